The Morgan fingerprint density at radius 1 is 0.309 bits per heavy atom. The van der Waals surface area contributed by atoms with Crippen LogP contribution in [0.25, 0.3) is 66.1 Å². The van der Waals surface area contributed by atoms with Crippen molar-refractivity contribution in [2.75, 3.05) is 9.80 Å². The molecule has 0 amide bonds. The van der Waals surface area contributed by atoms with E-state index < -0.39 is 5.41 Å². The maximum absolute atomic E-state index is 7.08. The van der Waals surface area contributed by atoms with Gasteiger partial charge in [-0.1, -0.05) is 176 Å². The van der Waals surface area contributed by atoms with Gasteiger partial charge in [0, 0.05) is 39.2 Å². The van der Waals surface area contributed by atoms with Crippen LogP contribution in [0.15, 0.2) is 259 Å². The van der Waals surface area contributed by atoms with Gasteiger partial charge in [-0.25, -0.2) is 0 Å². The molecule has 1 aromatic heterocycles. The third kappa shape index (κ3) is 5.60. The van der Waals surface area contributed by atoms with E-state index in [4.69, 9.17) is 4.42 Å². The van der Waals surface area contributed by atoms with Crippen LogP contribution in [-0.2, 0) is 5.41 Å². The number of nitrogens with zero attached hydrogens (tertiary/aromatic N) is 2. The monoisotopic (exact) mass is 866 g/mol. The van der Waals surface area contributed by atoms with Crippen molar-refractivity contribution in [3.05, 3.63) is 277 Å². The van der Waals surface area contributed by atoms with Gasteiger partial charge in [0.15, 0.2) is 5.58 Å². The summed E-state index contributed by atoms with van der Waals surface area (Å²) in [5.74, 6) is 0. The Morgan fingerprint density at radius 2 is 0.809 bits per heavy atom. The van der Waals surface area contributed by atoms with Gasteiger partial charge in [0.05, 0.1) is 11.1 Å². The van der Waals surface area contributed by atoms with Crippen molar-refractivity contribution in [1.82, 2.24) is 0 Å². The molecule has 0 saturated heterocycles. The second-order valence-electron chi connectivity index (χ2n) is 18.0. The molecular formula is C65H42N2O. The highest BCUT2D eigenvalue weighted by atomic mass is 16.3. The molecule has 0 N–H and O–H groups in total. The van der Waals surface area contributed by atoms with Crippen molar-refractivity contribution in [3.8, 4) is 33.4 Å². The van der Waals surface area contributed by atoms with Gasteiger partial charge in [-0.15, -0.1) is 0 Å². The Bertz CT molecular complexity index is 3790. The summed E-state index contributed by atoms with van der Waals surface area (Å²) >= 11 is 0. The topological polar surface area (TPSA) is 19.6 Å². The second kappa shape index (κ2) is 15.1. The van der Waals surface area contributed by atoms with Crippen LogP contribution in [0.3, 0.4) is 0 Å². The first-order valence-electron chi connectivity index (χ1n) is 23.4. The van der Waals surface area contributed by atoms with Crippen molar-refractivity contribution in [2.45, 2.75) is 5.41 Å². The van der Waals surface area contributed by atoms with Crippen LogP contribution in [0.5, 0.6) is 0 Å². The van der Waals surface area contributed by atoms with Crippen LogP contribution in [0.2, 0.25) is 0 Å². The molecule has 3 nitrogen and oxygen atoms in total. The van der Waals surface area contributed by atoms with Crippen molar-refractivity contribution in [2.24, 2.45) is 0 Å². The summed E-state index contributed by atoms with van der Waals surface area (Å²) in [7, 11) is 0. The number of furan rings is 1. The van der Waals surface area contributed by atoms with E-state index in [1.54, 1.807) is 0 Å². The summed E-state index contributed by atoms with van der Waals surface area (Å²) in [6.07, 6.45) is 0. The molecule has 68 heavy (non-hydrogen) atoms. The van der Waals surface area contributed by atoms with Crippen LogP contribution in [0.4, 0.5) is 34.1 Å². The third-order valence-electron chi connectivity index (χ3n) is 14.4. The van der Waals surface area contributed by atoms with Crippen molar-refractivity contribution < 1.29 is 4.42 Å². The Morgan fingerprint density at radius 3 is 1.44 bits per heavy atom. The van der Waals surface area contributed by atoms with E-state index >= 15 is 0 Å². The molecule has 2 aliphatic carbocycles. The smallest absolute Gasteiger partial charge is 0.159 e. The fraction of sp³-hybridized carbons (Fsp3) is 0.0154. The fourth-order valence-corrected chi connectivity index (χ4v) is 11.6. The van der Waals surface area contributed by atoms with E-state index in [-0.39, 0.29) is 0 Å². The van der Waals surface area contributed by atoms with E-state index in [2.05, 4.69) is 265 Å². The van der Waals surface area contributed by atoms with E-state index in [1.165, 1.54) is 55.3 Å². The van der Waals surface area contributed by atoms with E-state index in [0.717, 1.165) is 67.2 Å². The molecular weight excluding hydrogens is 825 g/mol. The normalized spacial score (nSPS) is 12.8. The Balaban J connectivity index is 1.02. The summed E-state index contributed by atoms with van der Waals surface area (Å²) in [5.41, 5.74) is 20.3. The van der Waals surface area contributed by atoms with Gasteiger partial charge in [0.2, 0.25) is 0 Å². The van der Waals surface area contributed by atoms with Gasteiger partial charge in [-0.05, 0) is 145 Å². The zero-order chi connectivity index (χ0) is 44.8. The number of hydrogen-bond donors (Lipinski definition) is 0. The van der Waals surface area contributed by atoms with E-state index in [9.17, 15) is 0 Å². The molecule has 1 heterocycles. The van der Waals surface area contributed by atoms with Crippen molar-refractivity contribution >= 4 is 66.8 Å². The molecule has 0 bridgehead atoms. The predicted molar refractivity (Wildman–Crippen MR) is 282 cm³/mol. The molecule has 0 aliphatic heterocycles. The summed E-state index contributed by atoms with van der Waals surface area (Å²) in [6, 6.07) is 92.7. The van der Waals surface area contributed by atoms with Gasteiger partial charge >= 0.3 is 0 Å². The zero-order valence-electron chi connectivity index (χ0n) is 37.1. The molecule has 14 rings (SSSR count). The van der Waals surface area contributed by atoms with Gasteiger partial charge in [0.1, 0.15) is 5.58 Å². The first kappa shape index (κ1) is 38.4. The van der Waals surface area contributed by atoms with Crippen molar-refractivity contribution in [3.63, 3.8) is 0 Å². The number of anilines is 6. The summed E-state index contributed by atoms with van der Waals surface area (Å²) in [5, 5.41) is 4.63. The molecule has 3 heteroatoms. The Kier molecular flexibility index (Phi) is 8.50. The number of fused-ring (bicyclic) bond motifs is 15. The molecule has 0 unspecified atom stereocenters. The van der Waals surface area contributed by atoms with Gasteiger partial charge in [-0.2, -0.15) is 0 Å². The minimum absolute atomic E-state index is 0.426. The zero-order valence-corrected chi connectivity index (χ0v) is 37.1. The number of hydrogen-bond acceptors (Lipinski definition) is 3. The van der Waals surface area contributed by atoms with E-state index in [0.29, 0.717) is 0 Å². The minimum Gasteiger partial charge on any atom is -0.454 e. The van der Waals surface area contributed by atoms with Crippen LogP contribution >= 0.6 is 0 Å². The number of benzene rings is 11. The maximum Gasteiger partial charge on any atom is 0.159 e. The summed E-state index contributed by atoms with van der Waals surface area (Å²) < 4.78 is 7.08. The van der Waals surface area contributed by atoms with E-state index in [1.807, 2.05) is 0 Å². The van der Waals surface area contributed by atoms with Crippen LogP contribution in [0.1, 0.15) is 22.3 Å². The molecule has 0 fully saturated rings. The number of para-hydroxylation sites is 4. The average molecular weight is 867 g/mol. The summed E-state index contributed by atoms with van der Waals surface area (Å²) in [4.78, 5) is 4.66. The van der Waals surface area contributed by atoms with Crippen molar-refractivity contribution in [1.29, 1.82) is 0 Å². The molecule has 12 aromatic rings. The fourth-order valence-electron chi connectivity index (χ4n) is 11.6. The highest BCUT2D eigenvalue weighted by molar-refractivity contribution is 6.14. The standard InChI is InChI=1S/C65H42N2O/c1-5-20-46(21-6-1)66(47-22-7-2-8-23-47)50-41-55-54-39-45(35-38-62(54)68-64(55)61(42-50)67(48-24-9-3-10-25-48)49-26-11-4-12-27-49)44-34-36-59-56(40-44)63-51-28-14-13-19-43(51)33-37-60(63)65(59)57-31-17-15-29-52(57)53-30-16-18-32-58(53)65/h1-42H. The minimum atomic E-state index is -0.426. The van der Waals surface area contributed by atoms with Crippen LogP contribution < -0.4 is 9.80 Å². The second-order valence-corrected chi connectivity index (χ2v) is 18.0. The average Bonchev–Trinajstić information content (AvgIpc) is 4.04. The maximum atomic E-state index is 7.08. The summed E-state index contributed by atoms with van der Waals surface area (Å²) in [6.45, 7) is 0. The first-order valence-corrected chi connectivity index (χ1v) is 23.4. The molecule has 1 spiro atoms. The Labute approximate surface area is 395 Å². The van der Waals surface area contributed by atoms with Crippen LogP contribution in [0, 0.1) is 0 Å². The predicted octanol–water partition coefficient (Wildman–Crippen LogP) is 17.7. The lowest BCUT2D eigenvalue weighted by atomic mass is 9.70. The molecule has 0 atom stereocenters. The molecule has 0 saturated carbocycles. The SMILES string of the molecule is c1ccc(N(c2ccccc2)c2cc(N(c3ccccc3)c3ccccc3)c3oc4ccc(-c5ccc6c(c5)-c5c(ccc7ccccc57)C65c6ccccc6-c6ccccc65)cc4c3c2)cc1. The lowest BCUT2D eigenvalue weighted by molar-refractivity contribution is 0.669. The largest absolute Gasteiger partial charge is 0.454 e. The van der Waals surface area contributed by atoms with Crippen LogP contribution in [-0.4, -0.2) is 0 Å². The third-order valence-corrected chi connectivity index (χ3v) is 14.4. The molecule has 0 radical (unpaired) electrons. The number of rotatable bonds is 7. The van der Waals surface area contributed by atoms with Gasteiger partial charge in [0.25, 0.3) is 0 Å². The molecule has 2 aliphatic rings. The van der Waals surface area contributed by atoms with Gasteiger partial charge < -0.3 is 14.2 Å². The molecule has 11 aromatic carbocycles. The highest BCUT2D eigenvalue weighted by Gasteiger charge is 2.52. The van der Waals surface area contributed by atoms with Gasteiger partial charge in [-0.3, -0.25) is 0 Å². The lowest BCUT2D eigenvalue weighted by Crippen LogP contribution is -2.25. The Hall–Kier alpha value is -8.92. The molecule has 318 valence electrons. The highest BCUT2D eigenvalue weighted by Crippen LogP contribution is 2.64. The quantitative estimate of drug-likeness (QED) is 0.159. The first-order chi connectivity index (χ1) is 33.7. The lowest BCUT2D eigenvalue weighted by Gasteiger charge is -2.30.